The highest BCUT2D eigenvalue weighted by Gasteiger charge is 2.22. The van der Waals surface area contributed by atoms with Crippen LogP contribution in [0, 0.1) is 5.82 Å². The molecule has 1 aromatic heterocycles. The van der Waals surface area contributed by atoms with Crippen LogP contribution < -0.4 is 4.74 Å². The largest absolute Gasteiger partial charge is 0.487 e. The van der Waals surface area contributed by atoms with Gasteiger partial charge in [0.2, 0.25) is 10.0 Å². The molecule has 172 valence electrons. The monoisotopic (exact) mass is 462 g/mol. The summed E-state index contributed by atoms with van der Waals surface area (Å²) in [6.45, 7) is 5.58. The van der Waals surface area contributed by atoms with Gasteiger partial charge in [0.15, 0.2) is 0 Å². The topological polar surface area (TPSA) is 77.8 Å². The van der Waals surface area contributed by atoms with Gasteiger partial charge in [-0.3, -0.25) is 0 Å². The van der Waals surface area contributed by atoms with Gasteiger partial charge in [-0.25, -0.2) is 26.5 Å². The van der Waals surface area contributed by atoms with E-state index in [1.54, 1.807) is 57.2 Å². The van der Waals surface area contributed by atoms with Crippen molar-refractivity contribution >= 4 is 27.0 Å². The van der Waals surface area contributed by atoms with E-state index in [0.29, 0.717) is 22.3 Å². The number of aromatic nitrogens is 1. The van der Waals surface area contributed by atoms with Gasteiger partial charge in [-0.05, 0) is 62.7 Å². The molecule has 3 rings (SSSR count). The first kappa shape index (κ1) is 23.7. The molecule has 0 aliphatic carbocycles. The van der Waals surface area contributed by atoms with Crippen molar-refractivity contribution in [2.24, 2.45) is 0 Å². The first-order valence-corrected chi connectivity index (χ1v) is 11.8. The Morgan fingerprint density at radius 1 is 1.09 bits per heavy atom. The van der Waals surface area contributed by atoms with E-state index < -0.39 is 27.5 Å². The van der Waals surface area contributed by atoms with Gasteiger partial charge in [-0.15, -0.1) is 0 Å². The van der Waals surface area contributed by atoms with Crippen LogP contribution >= 0.6 is 0 Å². The van der Waals surface area contributed by atoms with Crippen molar-refractivity contribution < 1.29 is 27.1 Å². The molecule has 0 radical (unpaired) electrons. The van der Waals surface area contributed by atoms with E-state index in [4.69, 9.17) is 9.47 Å². The number of nitrogens with zero attached hydrogens (tertiary/aromatic N) is 2. The standard InChI is InChI=1S/C23H27FN2O5S/c1-23(2,3)31-22(27)26-19(12-17-8-9-18(24)13-21(17)26)15-30-20-10-6-16(7-11-20)14-25(4)32(5,28)29/h6-13H,14-15H2,1-5H3. The first-order valence-electron chi connectivity index (χ1n) is 10.00. The van der Waals surface area contributed by atoms with Gasteiger partial charge in [-0.1, -0.05) is 12.1 Å². The number of fused-ring (bicyclic) bond motifs is 1. The van der Waals surface area contributed by atoms with Gasteiger partial charge in [0.1, 0.15) is 23.8 Å². The summed E-state index contributed by atoms with van der Waals surface area (Å²) in [6, 6.07) is 13.0. The fourth-order valence-corrected chi connectivity index (χ4v) is 3.47. The normalized spacial score (nSPS) is 12.3. The second-order valence-electron chi connectivity index (χ2n) is 8.61. The van der Waals surface area contributed by atoms with Gasteiger partial charge in [0.25, 0.3) is 0 Å². The van der Waals surface area contributed by atoms with Crippen LogP contribution in [-0.4, -0.2) is 42.3 Å². The molecule has 0 atom stereocenters. The van der Waals surface area contributed by atoms with Crippen LogP contribution in [0.2, 0.25) is 0 Å². The summed E-state index contributed by atoms with van der Waals surface area (Å²) < 4.78 is 50.9. The van der Waals surface area contributed by atoms with Crippen molar-refractivity contribution in [3.8, 4) is 5.75 Å². The number of carbonyl (C=O) groups excluding carboxylic acids is 1. The molecule has 0 bridgehead atoms. The molecule has 0 spiro atoms. The minimum atomic E-state index is -3.27. The van der Waals surface area contributed by atoms with E-state index in [2.05, 4.69) is 0 Å². The lowest BCUT2D eigenvalue weighted by Crippen LogP contribution is -2.28. The summed E-state index contributed by atoms with van der Waals surface area (Å²) in [7, 11) is -1.76. The number of ether oxygens (including phenoxy) is 2. The van der Waals surface area contributed by atoms with E-state index in [1.807, 2.05) is 0 Å². The minimum absolute atomic E-state index is 0.0537. The van der Waals surface area contributed by atoms with Crippen LogP contribution in [-0.2, 0) is 27.9 Å². The predicted molar refractivity (Wildman–Crippen MR) is 121 cm³/mol. The number of halogens is 1. The Hall–Kier alpha value is -2.91. The lowest BCUT2D eigenvalue weighted by Gasteiger charge is -2.21. The van der Waals surface area contributed by atoms with Crippen molar-refractivity contribution in [2.75, 3.05) is 13.3 Å². The quantitative estimate of drug-likeness (QED) is 0.538. The molecule has 0 aliphatic heterocycles. The molecule has 0 unspecified atom stereocenters. The number of benzene rings is 2. The molecule has 7 nitrogen and oxygen atoms in total. The zero-order chi connectivity index (χ0) is 23.7. The Balaban J connectivity index is 1.81. The first-order chi connectivity index (χ1) is 14.8. The van der Waals surface area contributed by atoms with Crippen LogP contribution in [0.25, 0.3) is 10.9 Å². The number of sulfonamides is 1. The molecular weight excluding hydrogens is 435 g/mol. The zero-order valence-corrected chi connectivity index (χ0v) is 19.6. The Morgan fingerprint density at radius 2 is 1.75 bits per heavy atom. The van der Waals surface area contributed by atoms with Gasteiger partial charge in [-0.2, -0.15) is 0 Å². The third-order valence-electron chi connectivity index (χ3n) is 4.70. The number of carbonyl (C=O) groups is 1. The van der Waals surface area contributed by atoms with Crippen molar-refractivity contribution in [3.05, 3.63) is 65.6 Å². The summed E-state index contributed by atoms with van der Waals surface area (Å²) in [4.78, 5) is 12.8. The molecule has 1 heterocycles. The second kappa shape index (κ2) is 8.91. The molecule has 3 aromatic rings. The molecule has 2 aromatic carbocycles. The molecule has 32 heavy (non-hydrogen) atoms. The average Bonchev–Trinajstić information content (AvgIpc) is 3.03. The third-order valence-corrected chi connectivity index (χ3v) is 5.96. The molecule has 0 fully saturated rings. The van der Waals surface area contributed by atoms with Crippen LogP contribution in [0.4, 0.5) is 9.18 Å². The minimum Gasteiger partial charge on any atom is -0.487 e. The maximum Gasteiger partial charge on any atom is 0.419 e. The zero-order valence-electron chi connectivity index (χ0n) is 18.8. The predicted octanol–water partition coefficient (Wildman–Crippen LogP) is 4.53. The van der Waals surface area contributed by atoms with E-state index in [1.165, 1.54) is 28.1 Å². The highest BCUT2D eigenvalue weighted by atomic mass is 32.2. The smallest absolute Gasteiger partial charge is 0.419 e. The number of hydrogen-bond donors (Lipinski definition) is 0. The van der Waals surface area contributed by atoms with Gasteiger partial charge in [0, 0.05) is 19.0 Å². The Kier molecular flexibility index (Phi) is 6.61. The molecule has 0 N–H and O–H groups in total. The molecule has 0 saturated carbocycles. The summed E-state index contributed by atoms with van der Waals surface area (Å²) in [5.74, 6) is 0.0884. The number of hydrogen-bond acceptors (Lipinski definition) is 5. The van der Waals surface area contributed by atoms with Gasteiger partial charge < -0.3 is 9.47 Å². The molecule has 0 aliphatic rings. The fourth-order valence-electron chi connectivity index (χ4n) is 3.08. The maximum atomic E-state index is 13.8. The lowest BCUT2D eigenvalue weighted by molar-refractivity contribution is 0.0535. The molecule has 0 amide bonds. The van der Waals surface area contributed by atoms with Crippen molar-refractivity contribution in [3.63, 3.8) is 0 Å². The average molecular weight is 463 g/mol. The Labute approximate surface area is 187 Å². The summed E-state index contributed by atoms with van der Waals surface area (Å²) in [5.41, 5.74) is 1.01. The van der Waals surface area contributed by atoms with Crippen LogP contribution in [0.5, 0.6) is 5.75 Å². The van der Waals surface area contributed by atoms with Crippen LogP contribution in [0.1, 0.15) is 32.0 Å². The van der Waals surface area contributed by atoms with E-state index in [9.17, 15) is 17.6 Å². The van der Waals surface area contributed by atoms with E-state index in [-0.39, 0.29) is 13.2 Å². The molecule has 0 saturated heterocycles. The fraction of sp³-hybridized carbons (Fsp3) is 0.348. The SMILES string of the molecule is CN(Cc1ccc(OCc2cc3ccc(F)cc3n2C(=O)OC(C)(C)C)cc1)S(C)(=O)=O. The van der Waals surface area contributed by atoms with E-state index >= 15 is 0 Å². The highest BCUT2D eigenvalue weighted by molar-refractivity contribution is 7.88. The Bertz CT molecular complexity index is 1230. The summed E-state index contributed by atoms with van der Waals surface area (Å²) in [6.07, 6.45) is 0.538. The van der Waals surface area contributed by atoms with Crippen LogP contribution in [0.3, 0.4) is 0 Å². The van der Waals surface area contributed by atoms with Crippen molar-refractivity contribution in [1.82, 2.24) is 8.87 Å². The lowest BCUT2D eigenvalue weighted by atomic mass is 10.2. The van der Waals surface area contributed by atoms with Crippen molar-refractivity contribution in [2.45, 2.75) is 39.5 Å². The highest BCUT2D eigenvalue weighted by Crippen LogP contribution is 2.24. The van der Waals surface area contributed by atoms with Crippen molar-refractivity contribution in [1.29, 1.82) is 0 Å². The van der Waals surface area contributed by atoms with Crippen LogP contribution in [0.15, 0.2) is 48.5 Å². The van der Waals surface area contributed by atoms with E-state index in [0.717, 1.165) is 11.8 Å². The third kappa shape index (κ3) is 5.86. The number of rotatable bonds is 6. The van der Waals surface area contributed by atoms with Gasteiger partial charge >= 0.3 is 6.09 Å². The molecule has 9 heteroatoms. The Morgan fingerprint density at radius 3 is 2.34 bits per heavy atom. The molecular formula is C23H27FN2O5S. The van der Waals surface area contributed by atoms with Gasteiger partial charge in [0.05, 0.1) is 17.5 Å². The summed E-state index contributed by atoms with van der Waals surface area (Å²) >= 11 is 0. The summed E-state index contributed by atoms with van der Waals surface area (Å²) in [5, 5.41) is 0.690. The second-order valence-corrected chi connectivity index (χ2v) is 10.7. The maximum absolute atomic E-state index is 13.8.